The summed E-state index contributed by atoms with van der Waals surface area (Å²) in [6, 6.07) is 0. The van der Waals surface area contributed by atoms with Crippen molar-refractivity contribution in [2.24, 2.45) is 17.3 Å². The summed E-state index contributed by atoms with van der Waals surface area (Å²) in [6.07, 6.45) is 5.99. The molecule has 2 N–H and O–H groups in total. The first-order valence-electron chi connectivity index (χ1n) is 6.85. The predicted molar refractivity (Wildman–Crippen MR) is 69.6 cm³/mol. The highest BCUT2D eigenvalue weighted by Crippen LogP contribution is 2.57. The van der Waals surface area contributed by atoms with Gasteiger partial charge in [0.25, 0.3) is 0 Å². The molecule has 2 rings (SSSR count). The lowest BCUT2D eigenvalue weighted by Gasteiger charge is -2.42. The van der Waals surface area contributed by atoms with Crippen LogP contribution >= 0.6 is 0 Å². The molecule has 98 valence electrons. The number of hydrogen-bond acceptors (Lipinski definition) is 2. The van der Waals surface area contributed by atoms with Crippen molar-refractivity contribution in [3.05, 3.63) is 11.6 Å². The Balaban J connectivity index is 2.24. The molecule has 0 bridgehead atoms. The van der Waals surface area contributed by atoms with E-state index in [2.05, 4.69) is 13.8 Å². The van der Waals surface area contributed by atoms with Crippen LogP contribution in [-0.4, -0.2) is 21.9 Å². The van der Waals surface area contributed by atoms with E-state index in [0.29, 0.717) is 11.8 Å². The molecule has 17 heavy (non-hydrogen) atoms. The summed E-state index contributed by atoms with van der Waals surface area (Å²) in [5, 5.41) is 20.0. The summed E-state index contributed by atoms with van der Waals surface area (Å²) in [5.74, 6) is 0.915. The van der Waals surface area contributed by atoms with Crippen LogP contribution in [-0.2, 0) is 0 Å². The van der Waals surface area contributed by atoms with Crippen molar-refractivity contribution in [3.63, 3.8) is 0 Å². The molecule has 4 atom stereocenters. The summed E-state index contributed by atoms with van der Waals surface area (Å²) in [7, 11) is 0. The first-order chi connectivity index (χ1) is 7.75. The Morgan fingerprint density at radius 3 is 2.53 bits per heavy atom. The zero-order valence-corrected chi connectivity index (χ0v) is 11.5. The monoisotopic (exact) mass is 238 g/mol. The van der Waals surface area contributed by atoms with E-state index in [1.165, 1.54) is 5.57 Å². The van der Waals surface area contributed by atoms with Gasteiger partial charge < -0.3 is 10.2 Å². The Morgan fingerprint density at radius 2 is 2.06 bits per heavy atom. The zero-order chi connectivity index (χ0) is 12.8. The highest BCUT2D eigenvalue weighted by molar-refractivity contribution is 5.22. The van der Waals surface area contributed by atoms with Crippen LogP contribution in [0.25, 0.3) is 0 Å². The van der Waals surface area contributed by atoms with Crippen LogP contribution in [0.5, 0.6) is 0 Å². The van der Waals surface area contributed by atoms with Gasteiger partial charge in [0, 0.05) is 0 Å². The molecule has 1 saturated carbocycles. The molecule has 0 aromatic heterocycles. The summed E-state index contributed by atoms with van der Waals surface area (Å²) < 4.78 is 0. The Bertz CT molecular complexity index is 326. The molecule has 2 aliphatic rings. The standard InChI is InChI=1S/C15H26O2/c1-10-7-13(16)8-11(2)15(10)6-5-12(9-15)14(3,4)17/h7,11-13,16-17H,5-6,8-9H2,1-4H3/t11-,12-,13?,15+/m1/s1. The van der Waals surface area contributed by atoms with Gasteiger partial charge in [0.05, 0.1) is 11.7 Å². The number of aliphatic hydroxyl groups is 2. The minimum Gasteiger partial charge on any atom is -0.390 e. The second-order valence-electron chi connectivity index (χ2n) is 6.80. The second kappa shape index (κ2) is 4.10. The summed E-state index contributed by atoms with van der Waals surface area (Å²) in [5.41, 5.74) is 1.01. The number of aliphatic hydroxyl groups excluding tert-OH is 1. The maximum atomic E-state index is 10.2. The minimum atomic E-state index is -0.570. The van der Waals surface area contributed by atoms with Gasteiger partial charge in [0.1, 0.15) is 0 Å². The molecule has 0 saturated heterocycles. The van der Waals surface area contributed by atoms with Crippen LogP contribution in [0, 0.1) is 17.3 Å². The first-order valence-corrected chi connectivity index (χ1v) is 6.85. The number of allylic oxidation sites excluding steroid dienone is 1. The molecule has 0 radical (unpaired) electrons. The SMILES string of the molecule is CC1=CC(O)C[C@@H](C)[C@]12CC[C@@H](C(C)(C)O)C2. The van der Waals surface area contributed by atoms with E-state index in [4.69, 9.17) is 0 Å². The van der Waals surface area contributed by atoms with Crippen LogP contribution in [0.4, 0.5) is 0 Å². The van der Waals surface area contributed by atoms with E-state index >= 15 is 0 Å². The quantitative estimate of drug-likeness (QED) is 0.690. The third-order valence-electron chi connectivity index (χ3n) is 5.31. The zero-order valence-electron chi connectivity index (χ0n) is 11.5. The van der Waals surface area contributed by atoms with Gasteiger partial charge in [0.15, 0.2) is 0 Å². The Kier molecular flexibility index (Phi) is 3.16. The van der Waals surface area contributed by atoms with Gasteiger partial charge in [-0.25, -0.2) is 0 Å². The highest BCUT2D eigenvalue weighted by atomic mass is 16.3. The van der Waals surface area contributed by atoms with E-state index in [-0.39, 0.29) is 11.5 Å². The van der Waals surface area contributed by atoms with Crippen molar-refractivity contribution in [2.45, 2.75) is 65.1 Å². The van der Waals surface area contributed by atoms with E-state index in [0.717, 1.165) is 25.7 Å². The lowest BCUT2D eigenvalue weighted by Crippen LogP contribution is -2.36. The molecule has 1 unspecified atom stereocenters. The molecule has 0 aromatic carbocycles. The third-order valence-corrected chi connectivity index (χ3v) is 5.31. The molecule has 2 nitrogen and oxygen atoms in total. The molecule has 2 aliphatic carbocycles. The summed E-state index contributed by atoms with van der Waals surface area (Å²) in [6.45, 7) is 8.27. The lowest BCUT2D eigenvalue weighted by molar-refractivity contribution is 0.0109. The predicted octanol–water partition coefficient (Wildman–Crippen LogP) is 2.89. The highest BCUT2D eigenvalue weighted by Gasteiger charge is 2.49. The van der Waals surface area contributed by atoms with Gasteiger partial charge in [-0.15, -0.1) is 0 Å². The fraction of sp³-hybridized carbons (Fsp3) is 0.867. The summed E-state index contributed by atoms with van der Waals surface area (Å²) >= 11 is 0. The maximum absolute atomic E-state index is 10.2. The van der Waals surface area contributed by atoms with Crippen LogP contribution in [0.15, 0.2) is 11.6 Å². The molecular formula is C15H26O2. The molecule has 0 aromatic rings. The molecular weight excluding hydrogens is 212 g/mol. The van der Waals surface area contributed by atoms with Gasteiger partial charge in [0.2, 0.25) is 0 Å². The fourth-order valence-corrected chi connectivity index (χ4v) is 3.98. The number of rotatable bonds is 1. The maximum Gasteiger partial charge on any atom is 0.0726 e. The Morgan fingerprint density at radius 1 is 1.41 bits per heavy atom. The Labute approximate surface area is 105 Å². The molecule has 1 fully saturated rings. The molecule has 0 amide bonds. The van der Waals surface area contributed by atoms with Crippen molar-refractivity contribution in [1.82, 2.24) is 0 Å². The van der Waals surface area contributed by atoms with E-state index in [1.54, 1.807) is 0 Å². The van der Waals surface area contributed by atoms with Crippen LogP contribution < -0.4 is 0 Å². The van der Waals surface area contributed by atoms with Gasteiger partial charge in [-0.05, 0) is 63.7 Å². The van der Waals surface area contributed by atoms with Crippen molar-refractivity contribution in [2.75, 3.05) is 0 Å². The minimum absolute atomic E-state index is 0.240. The van der Waals surface area contributed by atoms with Crippen molar-refractivity contribution in [1.29, 1.82) is 0 Å². The van der Waals surface area contributed by atoms with Gasteiger partial charge >= 0.3 is 0 Å². The Hall–Kier alpha value is -0.340. The topological polar surface area (TPSA) is 40.5 Å². The summed E-state index contributed by atoms with van der Waals surface area (Å²) in [4.78, 5) is 0. The van der Waals surface area contributed by atoms with Gasteiger partial charge in [-0.2, -0.15) is 0 Å². The third kappa shape index (κ3) is 2.17. The van der Waals surface area contributed by atoms with Gasteiger partial charge in [-0.1, -0.05) is 18.6 Å². The average molecular weight is 238 g/mol. The first kappa shape index (κ1) is 13.1. The van der Waals surface area contributed by atoms with Crippen molar-refractivity contribution >= 4 is 0 Å². The smallest absolute Gasteiger partial charge is 0.0726 e. The van der Waals surface area contributed by atoms with Crippen LogP contribution in [0.2, 0.25) is 0 Å². The average Bonchev–Trinajstić information content (AvgIpc) is 2.59. The molecule has 2 heteroatoms. The molecule has 0 heterocycles. The molecule has 1 spiro atoms. The van der Waals surface area contributed by atoms with Crippen LogP contribution in [0.3, 0.4) is 0 Å². The molecule has 0 aliphatic heterocycles. The normalized spacial score (nSPS) is 42.9. The second-order valence-corrected chi connectivity index (χ2v) is 6.80. The van der Waals surface area contributed by atoms with Crippen molar-refractivity contribution < 1.29 is 10.2 Å². The van der Waals surface area contributed by atoms with E-state index in [9.17, 15) is 10.2 Å². The van der Waals surface area contributed by atoms with E-state index in [1.807, 2.05) is 19.9 Å². The van der Waals surface area contributed by atoms with Crippen molar-refractivity contribution in [3.8, 4) is 0 Å². The van der Waals surface area contributed by atoms with Gasteiger partial charge in [-0.3, -0.25) is 0 Å². The van der Waals surface area contributed by atoms with Crippen LogP contribution in [0.1, 0.15) is 53.4 Å². The van der Waals surface area contributed by atoms with E-state index < -0.39 is 5.60 Å². The largest absolute Gasteiger partial charge is 0.390 e. The number of hydrogen-bond donors (Lipinski definition) is 2. The lowest BCUT2D eigenvalue weighted by atomic mass is 9.64. The fourth-order valence-electron chi connectivity index (χ4n) is 3.98.